The van der Waals surface area contributed by atoms with E-state index >= 15 is 0 Å². The first-order valence-corrected chi connectivity index (χ1v) is 12.8. The number of rotatable bonds is 6. The van der Waals surface area contributed by atoms with E-state index in [0.29, 0.717) is 12.3 Å². The minimum Gasteiger partial charge on any atom is -0.461 e. The van der Waals surface area contributed by atoms with Gasteiger partial charge in [0.1, 0.15) is 0 Å². The van der Waals surface area contributed by atoms with Gasteiger partial charge in [-0.1, -0.05) is 26.0 Å². The van der Waals surface area contributed by atoms with E-state index < -0.39 is 5.97 Å². The maximum absolute atomic E-state index is 12.8. The van der Waals surface area contributed by atoms with E-state index in [4.69, 9.17) is 19.6 Å². The fourth-order valence-electron chi connectivity index (χ4n) is 5.08. The predicted octanol–water partition coefficient (Wildman–Crippen LogP) is 4.16. The van der Waals surface area contributed by atoms with E-state index in [0.717, 1.165) is 80.1 Å². The summed E-state index contributed by atoms with van der Waals surface area (Å²) in [6.07, 6.45) is 1.98. The molecule has 2 aliphatic rings. The Bertz CT molecular complexity index is 1180. The minimum absolute atomic E-state index is 0.224. The van der Waals surface area contributed by atoms with Crippen LogP contribution < -0.4 is 10.2 Å². The zero-order valence-corrected chi connectivity index (χ0v) is 20.9. The first-order valence-electron chi connectivity index (χ1n) is 12.8. The van der Waals surface area contributed by atoms with Crippen molar-refractivity contribution < 1.29 is 14.3 Å². The smallest absolute Gasteiger partial charge is 0.357 e. The maximum atomic E-state index is 12.8. The van der Waals surface area contributed by atoms with E-state index in [1.54, 1.807) is 0 Å². The number of ether oxygens (including phenoxy) is 2. The van der Waals surface area contributed by atoms with Gasteiger partial charge in [-0.25, -0.2) is 14.5 Å². The number of carbonyl (C=O) groups is 1. The van der Waals surface area contributed by atoms with Crippen molar-refractivity contribution in [3.8, 4) is 11.1 Å². The van der Waals surface area contributed by atoms with Crippen LogP contribution in [-0.2, 0) is 9.47 Å². The second-order valence-corrected chi connectivity index (χ2v) is 9.59. The van der Waals surface area contributed by atoms with E-state index in [1.165, 1.54) is 5.69 Å². The van der Waals surface area contributed by atoms with Gasteiger partial charge in [-0.3, -0.25) is 0 Å². The van der Waals surface area contributed by atoms with Crippen molar-refractivity contribution in [3.63, 3.8) is 0 Å². The average Bonchev–Trinajstić information content (AvgIpc) is 3.29. The summed E-state index contributed by atoms with van der Waals surface area (Å²) in [4.78, 5) is 20.0. The molecule has 0 atom stereocenters. The molecule has 2 aliphatic heterocycles. The summed E-state index contributed by atoms with van der Waals surface area (Å²) in [5.74, 6) is -0.174. The van der Waals surface area contributed by atoms with Gasteiger partial charge in [0.2, 0.25) is 0 Å². The van der Waals surface area contributed by atoms with Gasteiger partial charge in [0.05, 0.1) is 36.9 Å². The van der Waals surface area contributed by atoms with Crippen LogP contribution in [0.4, 0.5) is 5.69 Å². The molecule has 0 radical (unpaired) electrons. The average molecular weight is 478 g/mol. The SMILES string of the molecule is CCOC(=O)c1cc(-c2ccc(N3CCOCC3)cc2)c2c(C(C)C)nn(C3CCNCC3)c2n1. The van der Waals surface area contributed by atoms with Crippen molar-refractivity contribution in [1.82, 2.24) is 20.1 Å². The van der Waals surface area contributed by atoms with Crippen LogP contribution in [-0.4, -0.2) is 66.7 Å². The van der Waals surface area contributed by atoms with Crippen molar-refractivity contribution >= 4 is 22.7 Å². The van der Waals surface area contributed by atoms with E-state index in [1.807, 2.05) is 13.0 Å². The monoisotopic (exact) mass is 477 g/mol. The highest BCUT2D eigenvalue weighted by atomic mass is 16.5. The first-order chi connectivity index (χ1) is 17.1. The number of esters is 1. The van der Waals surface area contributed by atoms with Crippen molar-refractivity contribution in [1.29, 1.82) is 0 Å². The number of anilines is 1. The number of nitrogens with one attached hydrogen (secondary N) is 1. The van der Waals surface area contributed by atoms with Gasteiger partial charge in [0.25, 0.3) is 0 Å². The molecule has 0 amide bonds. The number of hydrogen-bond acceptors (Lipinski definition) is 7. The zero-order chi connectivity index (χ0) is 24.4. The molecule has 0 aliphatic carbocycles. The lowest BCUT2D eigenvalue weighted by atomic mass is 9.97. The van der Waals surface area contributed by atoms with Crippen LogP contribution in [0.5, 0.6) is 0 Å². The lowest BCUT2D eigenvalue weighted by molar-refractivity contribution is 0.0520. The lowest BCUT2D eigenvalue weighted by Gasteiger charge is -2.29. The molecule has 0 saturated carbocycles. The summed E-state index contributed by atoms with van der Waals surface area (Å²) in [6.45, 7) is 11.7. The number of carbonyl (C=O) groups excluding carboxylic acids is 1. The van der Waals surface area contributed by atoms with Crippen LogP contribution >= 0.6 is 0 Å². The largest absolute Gasteiger partial charge is 0.461 e. The molecule has 2 saturated heterocycles. The fraction of sp³-hybridized carbons (Fsp3) is 0.519. The molecule has 0 spiro atoms. The molecule has 186 valence electrons. The molecule has 1 N–H and O–H groups in total. The summed E-state index contributed by atoms with van der Waals surface area (Å²) in [5, 5.41) is 9.55. The Balaban J connectivity index is 1.66. The first kappa shape index (κ1) is 23.8. The van der Waals surface area contributed by atoms with Crippen LogP contribution in [0.15, 0.2) is 30.3 Å². The third kappa shape index (κ3) is 4.77. The molecule has 2 aromatic heterocycles. The van der Waals surface area contributed by atoms with Crippen LogP contribution in [0.25, 0.3) is 22.2 Å². The number of pyridine rings is 1. The Labute approximate surface area is 206 Å². The molecular weight excluding hydrogens is 442 g/mol. The second-order valence-electron chi connectivity index (χ2n) is 9.59. The number of benzene rings is 1. The standard InChI is InChI=1S/C27H35N5O3/c1-4-35-27(33)23-17-22(19-5-7-20(8-6-19)31-13-15-34-16-14-31)24-25(18(2)3)30-32(26(24)29-23)21-9-11-28-12-10-21/h5-8,17-18,21,28H,4,9-16H2,1-3H3. The summed E-state index contributed by atoms with van der Waals surface area (Å²) < 4.78 is 12.9. The third-order valence-electron chi connectivity index (χ3n) is 6.93. The van der Waals surface area contributed by atoms with Crippen molar-refractivity contribution in [3.05, 3.63) is 41.7 Å². The number of morpholine rings is 1. The maximum Gasteiger partial charge on any atom is 0.357 e. The second kappa shape index (κ2) is 10.3. The molecule has 0 unspecified atom stereocenters. The van der Waals surface area contributed by atoms with Gasteiger partial charge in [-0.2, -0.15) is 5.10 Å². The summed E-state index contributed by atoms with van der Waals surface area (Å²) >= 11 is 0. The quantitative estimate of drug-likeness (QED) is 0.534. The van der Waals surface area contributed by atoms with Gasteiger partial charge in [0.15, 0.2) is 11.3 Å². The number of hydrogen-bond donors (Lipinski definition) is 1. The predicted molar refractivity (Wildman–Crippen MR) is 137 cm³/mol. The van der Waals surface area contributed by atoms with Crippen LogP contribution in [0.1, 0.15) is 61.8 Å². The Hall–Kier alpha value is -2.97. The topological polar surface area (TPSA) is 81.5 Å². The highest BCUT2D eigenvalue weighted by Gasteiger charge is 2.26. The number of fused-ring (bicyclic) bond motifs is 1. The van der Waals surface area contributed by atoms with Crippen LogP contribution in [0.3, 0.4) is 0 Å². The van der Waals surface area contributed by atoms with Gasteiger partial charge >= 0.3 is 5.97 Å². The molecule has 8 heteroatoms. The zero-order valence-electron chi connectivity index (χ0n) is 20.9. The molecule has 4 heterocycles. The molecule has 3 aromatic rings. The lowest BCUT2D eigenvalue weighted by Crippen LogP contribution is -2.36. The molecule has 35 heavy (non-hydrogen) atoms. The Morgan fingerprint density at radius 2 is 1.89 bits per heavy atom. The summed E-state index contributed by atoms with van der Waals surface area (Å²) in [6, 6.07) is 10.7. The van der Waals surface area contributed by atoms with Crippen molar-refractivity contribution in [2.75, 3.05) is 50.9 Å². The molecule has 1 aromatic carbocycles. The normalized spacial score (nSPS) is 17.3. The highest BCUT2D eigenvalue weighted by molar-refractivity contribution is 6.00. The van der Waals surface area contributed by atoms with Gasteiger partial charge in [-0.05, 0) is 68.1 Å². The molecule has 0 bridgehead atoms. The number of nitrogens with zero attached hydrogens (tertiary/aromatic N) is 4. The van der Waals surface area contributed by atoms with Gasteiger partial charge in [-0.15, -0.1) is 0 Å². The van der Waals surface area contributed by atoms with Crippen molar-refractivity contribution in [2.24, 2.45) is 0 Å². The molecule has 2 fully saturated rings. The van der Waals surface area contributed by atoms with Crippen molar-refractivity contribution in [2.45, 2.75) is 45.6 Å². The molecule has 5 rings (SSSR count). The number of aromatic nitrogens is 3. The fourth-order valence-corrected chi connectivity index (χ4v) is 5.08. The van der Waals surface area contributed by atoms with Gasteiger partial charge < -0.3 is 19.7 Å². The van der Waals surface area contributed by atoms with E-state index in [9.17, 15) is 4.79 Å². The van der Waals surface area contributed by atoms with Crippen LogP contribution in [0, 0.1) is 0 Å². The van der Waals surface area contributed by atoms with E-state index in [2.05, 4.69) is 53.0 Å². The number of piperidine rings is 1. The van der Waals surface area contributed by atoms with Gasteiger partial charge in [0, 0.05) is 18.8 Å². The van der Waals surface area contributed by atoms with Crippen LogP contribution in [0.2, 0.25) is 0 Å². The Morgan fingerprint density at radius 1 is 1.17 bits per heavy atom. The summed E-state index contributed by atoms with van der Waals surface area (Å²) in [5.41, 5.74) is 5.34. The highest BCUT2D eigenvalue weighted by Crippen LogP contribution is 2.37. The summed E-state index contributed by atoms with van der Waals surface area (Å²) in [7, 11) is 0. The van der Waals surface area contributed by atoms with E-state index in [-0.39, 0.29) is 12.0 Å². The minimum atomic E-state index is -0.398. The third-order valence-corrected chi connectivity index (χ3v) is 6.93. The Morgan fingerprint density at radius 3 is 2.54 bits per heavy atom. The molecular formula is C27H35N5O3. The Kier molecular flexibility index (Phi) is 7.02. The molecule has 8 nitrogen and oxygen atoms in total.